The Morgan fingerprint density at radius 1 is 1.16 bits per heavy atom. The molecule has 0 bridgehead atoms. The lowest BCUT2D eigenvalue weighted by Crippen LogP contribution is -2.35. The number of halogens is 1. The van der Waals surface area contributed by atoms with Crippen molar-refractivity contribution in [2.75, 3.05) is 18.0 Å². The molecular formula is C23H24ClN5O2. The number of anilines is 1. The van der Waals surface area contributed by atoms with Gasteiger partial charge in [-0.3, -0.25) is 4.79 Å². The van der Waals surface area contributed by atoms with Crippen LogP contribution in [0.25, 0.3) is 11.4 Å². The highest BCUT2D eigenvalue weighted by molar-refractivity contribution is 6.30. The highest BCUT2D eigenvalue weighted by Gasteiger charge is 2.23. The molecule has 1 aromatic heterocycles. The number of nitrogens with zero attached hydrogens (tertiary/aromatic N) is 4. The predicted molar refractivity (Wildman–Crippen MR) is 120 cm³/mol. The zero-order valence-electron chi connectivity index (χ0n) is 17.0. The summed E-state index contributed by atoms with van der Waals surface area (Å²) in [4.78, 5) is 26.6. The van der Waals surface area contributed by atoms with Crippen molar-refractivity contribution in [2.24, 2.45) is 5.73 Å². The first-order valence-corrected chi connectivity index (χ1v) is 10.6. The first-order valence-electron chi connectivity index (χ1n) is 10.3. The van der Waals surface area contributed by atoms with Crippen LogP contribution in [0.15, 0.2) is 54.9 Å². The fraction of sp³-hybridized carbons (Fsp3) is 0.304. The minimum Gasteiger partial charge on any atom is -0.480 e. The van der Waals surface area contributed by atoms with Crippen molar-refractivity contribution in [1.29, 1.82) is 0 Å². The number of carbonyl (C=O) groups is 1. The normalized spacial score (nSPS) is 17.4. The van der Waals surface area contributed by atoms with Crippen molar-refractivity contribution in [3.63, 3.8) is 0 Å². The smallest absolute Gasteiger partial charge is 0.320 e. The van der Waals surface area contributed by atoms with Gasteiger partial charge in [-0.15, -0.1) is 0 Å². The minimum atomic E-state index is -1.01. The first-order chi connectivity index (χ1) is 15.0. The van der Waals surface area contributed by atoms with E-state index >= 15 is 0 Å². The van der Waals surface area contributed by atoms with E-state index in [1.807, 2.05) is 36.4 Å². The van der Waals surface area contributed by atoms with Crippen LogP contribution in [0.2, 0.25) is 5.02 Å². The maximum Gasteiger partial charge on any atom is 0.320 e. The van der Waals surface area contributed by atoms with Gasteiger partial charge in [-0.2, -0.15) is 4.98 Å². The molecule has 8 heteroatoms. The zero-order chi connectivity index (χ0) is 21.8. The number of aliphatic carboxylic acids is 1. The van der Waals surface area contributed by atoms with Gasteiger partial charge in [0.2, 0.25) is 5.95 Å². The Kier molecular flexibility index (Phi) is 6.44. The molecular weight excluding hydrogens is 414 g/mol. The topological polar surface area (TPSA) is 105 Å². The van der Waals surface area contributed by atoms with Crippen LogP contribution in [-0.2, 0) is 11.2 Å². The molecule has 0 spiro atoms. The quantitative estimate of drug-likeness (QED) is 0.607. The molecule has 3 aromatic rings. The Labute approximate surface area is 185 Å². The second kappa shape index (κ2) is 9.41. The second-order valence-corrected chi connectivity index (χ2v) is 8.23. The van der Waals surface area contributed by atoms with Gasteiger partial charge in [0, 0.05) is 29.6 Å². The summed E-state index contributed by atoms with van der Waals surface area (Å²) in [5.74, 6) is 0.655. The monoisotopic (exact) mass is 437 g/mol. The number of carboxylic acid groups (broad SMARTS) is 1. The molecule has 3 N–H and O–H groups in total. The third-order valence-corrected chi connectivity index (χ3v) is 5.84. The van der Waals surface area contributed by atoms with E-state index in [9.17, 15) is 4.79 Å². The van der Waals surface area contributed by atoms with Crippen LogP contribution in [0.3, 0.4) is 0 Å². The number of rotatable bonds is 6. The number of hydrogen-bond donors (Lipinski definition) is 2. The van der Waals surface area contributed by atoms with Crippen molar-refractivity contribution in [2.45, 2.75) is 31.2 Å². The number of piperidine rings is 1. The fourth-order valence-electron chi connectivity index (χ4n) is 3.88. The second-order valence-electron chi connectivity index (χ2n) is 7.79. The molecule has 0 radical (unpaired) electrons. The van der Waals surface area contributed by atoms with Crippen LogP contribution in [0.1, 0.15) is 29.9 Å². The molecule has 31 heavy (non-hydrogen) atoms. The highest BCUT2D eigenvalue weighted by atomic mass is 35.5. The lowest BCUT2D eigenvalue weighted by atomic mass is 9.91. The Morgan fingerprint density at radius 3 is 2.61 bits per heavy atom. The summed E-state index contributed by atoms with van der Waals surface area (Å²) in [6.45, 7) is 1.75. The van der Waals surface area contributed by atoms with Crippen LogP contribution in [0, 0.1) is 0 Å². The number of aromatic nitrogens is 3. The van der Waals surface area contributed by atoms with E-state index in [2.05, 4.69) is 27.0 Å². The van der Waals surface area contributed by atoms with Crippen molar-refractivity contribution in [3.8, 4) is 11.4 Å². The van der Waals surface area contributed by atoms with Crippen LogP contribution in [-0.4, -0.2) is 45.2 Å². The standard InChI is InChI=1S/C23H24ClN5O2/c24-19-9-7-16(8-10-19)18-2-1-11-29(13-18)23-27-14-26-21(28-23)17-5-3-15(4-6-17)12-20(25)22(30)31/h3-10,14,18,20H,1-2,11-13,25H2,(H,30,31). The van der Waals surface area contributed by atoms with E-state index in [1.165, 1.54) is 11.9 Å². The molecule has 0 amide bonds. The minimum absolute atomic E-state index is 0.276. The number of hydrogen-bond acceptors (Lipinski definition) is 6. The number of carboxylic acids is 1. The van der Waals surface area contributed by atoms with Gasteiger partial charge in [-0.1, -0.05) is 48.0 Å². The average molecular weight is 438 g/mol. The largest absolute Gasteiger partial charge is 0.480 e. The summed E-state index contributed by atoms with van der Waals surface area (Å²) in [6, 6.07) is 14.6. The van der Waals surface area contributed by atoms with Crippen molar-refractivity contribution >= 4 is 23.5 Å². The summed E-state index contributed by atoms with van der Waals surface area (Å²) in [6.07, 6.45) is 4.00. The molecule has 1 aliphatic heterocycles. The molecule has 4 rings (SSSR count). The zero-order valence-corrected chi connectivity index (χ0v) is 17.7. The van der Waals surface area contributed by atoms with Crippen molar-refractivity contribution < 1.29 is 9.90 Å². The lowest BCUT2D eigenvalue weighted by Gasteiger charge is -2.33. The maximum absolute atomic E-state index is 10.9. The Balaban J connectivity index is 1.49. The molecule has 2 aromatic carbocycles. The number of benzene rings is 2. The fourth-order valence-corrected chi connectivity index (χ4v) is 4.00. The van der Waals surface area contributed by atoms with Gasteiger partial charge in [-0.25, -0.2) is 9.97 Å². The van der Waals surface area contributed by atoms with Gasteiger partial charge in [-0.05, 0) is 42.5 Å². The first kappa shape index (κ1) is 21.2. The molecule has 160 valence electrons. The average Bonchev–Trinajstić information content (AvgIpc) is 2.80. The van der Waals surface area contributed by atoms with E-state index in [1.54, 1.807) is 0 Å². The lowest BCUT2D eigenvalue weighted by molar-refractivity contribution is -0.138. The van der Waals surface area contributed by atoms with Crippen molar-refractivity contribution in [1.82, 2.24) is 15.0 Å². The van der Waals surface area contributed by atoms with Gasteiger partial charge < -0.3 is 15.7 Å². The number of nitrogens with two attached hydrogens (primary N) is 1. The molecule has 1 aliphatic rings. The molecule has 2 heterocycles. The van der Waals surface area contributed by atoms with Crippen LogP contribution >= 0.6 is 11.6 Å². The molecule has 2 atom stereocenters. The molecule has 0 saturated carbocycles. The van der Waals surface area contributed by atoms with Gasteiger partial charge in [0.25, 0.3) is 0 Å². The van der Waals surface area contributed by atoms with E-state index in [0.717, 1.165) is 42.1 Å². The molecule has 1 fully saturated rings. The van der Waals surface area contributed by atoms with Gasteiger partial charge >= 0.3 is 5.97 Å². The van der Waals surface area contributed by atoms with Crippen LogP contribution in [0.5, 0.6) is 0 Å². The van der Waals surface area contributed by atoms with Crippen LogP contribution in [0.4, 0.5) is 5.95 Å². The van der Waals surface area contributed by atoms with E-state index in [0.29, 0.717) is 17.7 Å². The van der Waals surface area contributed by atoms with E-state index in [4.69, 9.17) is 27.4 Å². The highest BCUT2D eigenvalue weighted by Crippen LogP contribution is 2.29. The molecule has 1 saturated heterocycles. The molecule has 0 aliphatic carbocycles. The summed E-state index contributed by atoms with van der Waals surface area (Å²) in [7, 11) is 0. The predicted octanol–water partition coefficient (Wildman–Crippen LogP) is 3.53. The molecule has 2 unspecified atom stereocenters. The maximum atomic E-state index is 10.9. The summed E-state index contributed by atoms with van der Waals surface area (Å²) >= 11 is 6.03. The van der Waals surface area contributed by atoms with E-state index < -0.39 is 12.0 Å². The van der Waals surface area contributed by atoms with E-state index in [-0.39, 0.29) is 6.42 Å². The van der Waals surface area contributed by atoms with Gasteiger partial charge in [0.15, 0.2) is 5.82 Å². The summed E-state index contributed by atoms with van der Waals surface area (Å²) in [5.41, 5.74) is 8.60. The van der Waals surface area contributed by atoms with Crippen LogP contribution < -0.4 is 10.6 Å². The third-order valence-electron chi connectivity index (χ3n) is 5.59. The SMILES string of the molecule is NC(Cc1ccc(-c2ncnc(N3CCCC(c4ccc(Cl)cc4)C3)n2)cc1)C(=O)O. The Hall–Kier alpha value is -3.03. The Morgan fingerprint density at radius 2 is 1.90 bits per heavy atom. The van der Waals surface area contributed by atoms with Gasteiger partial charge in [0.05, 0.1) is 0 Å². The van der Waals surface area contributed by atoms with Crippen molar-refractivity contribution in [3.05, 3.63) is 71.0 Å². The summed E-state index contributed by atoms with van der Waals surface area (Å²) < 4.78 is 0. The van der Waals surface area contributed by atoms with Gasteiger partial charge in [0.1, 0.15) is 12.4 Å². The Bertz CT molecular complexity index is 1040. The third kappa shape index (κ3) is 5.18. The summed E-state index contributed by atoms with van der Waals surface area (Å²) in [5, 5.41) is 9.72. The molecule has 7 nitrogen and oxygen atoms in total.